The van der Waals surface area contributed by atoms with Crippen LogP contribution >= 0.6 is 0 Å². The van der Waals surface area contributed by atoms with Crippen LogP contribution in [0.3, 0.4) is 0 Å². The molecular formula is C34H75N7. The predicted molar refractivity (Wildman–Crippen MR) is 184 cm³/mol. The monoisotopic (exact) mass is 582 g/mol. The molecule has 0 radical (unpaired) electrons. The maximum absolute atomic E-state index is 2.66. The van der Waals surface area contributed by atoms with Crippen molar-refractivity contribution in [2.24, 2.45) is 0 Å². The second kappa shape index (κ2) is 26.9. The quantitative estimate of drug-likeness (QED) is 0.239. The van der Waals surface area contributed by atoms with E-state index in [1.807, 2.05) is 0 Å². The Bertz CT molecular complexity index is 563. The molecule has 246 valence electrons. The molecule has 1 aliphatic heterocycles. The molecule has 0 bridgehead atoms. The molecule has 7 heteroatoms. The van der Waals surface area contributed by atoms with E-state index in [0.29, 0.717) is 6.04 Å². The van der Waals surface area contributed by atoms with Gasteiger partial charge in [-0.25, -0.2) is 0 Å². The van der Waals surface area contributed by atoms with E-state index < -0.39 is 0 Å². The Balaban J connectivity index is 0.000000790. The number of likely N-dealkylation sites (N-methyl/N-ethyl adjacent to an activating group) is 3. The van der Waals surface area contributed by atoms with E-state index in [0.717, 1.165) is 19.6 Å². The van der Waals surface area contributed by atoms with Crippen LogP contribution in [0.5, 0.6) is 0 Å². The molecule has 1 unspecified atom stereocenters. The van der Waals surface area contributed by atoms with E-state index in [2.05, 4.69) is 116 Å². The van der Waals surface area contributed by atoms with Crippen LogP contribution < -0.4 is 0 Å². The highest BCUT2D eigenvalue weighted by molar-refractivity contribution is 4.81. The predicted octanol–water partition coefficient (Wildman–Crippen LogP) is 4.96. The minimum atomic E-state index is 0.700. The molecule has 1 fully saturated rings. The van der Waals surface area contributed by atoms with Gasteiger partial charge in [0.25, 0.3) is 0 Å². The van der Waals surface area contributed by atoms with Crippen LogP contribution in [0.25, 0.3) is 0 Å². The number of allylic oxidation sites excluding steroid dienone is 1. The zero-order valence-electron chi connectivity index (χ0n) is 29.7. The molecule has 1 rings (SSSR count). The average Bonchev–Trinajstić information content (AvgIpc) is 2.98. The molecule has 0 saturated carbocycles. The van der Waals surface area contributed by atoms with Crippen LogP contribution in [-0.4, -0.2) is 165 Å². The molecule has 1 atom stereocenters. The Hall–Kier alpha value is -0.700. The smallest absolute Gasteiger partial charge is 0.0300 e. The normalized spacial score (nSPS) is 18.1. The van der Waals surface area contributed by atoms with Crippen LogP contribution in [-0.2, 0) is 0 Å². The van der Waals surface area contributed by atoms with Crippen molar-refractivity contribution in [3.05, 3.63) is 12.3 Å². The molecular weight excluding hydrogens is 506 g/mol. The van der Waals surface area contributed by atoms with Crippen LogP contribution in [0.2, 0.25) is 0 Å². The van der Waals surface area contributed by atoms with E-state index in [-0.39, 0.29) is 0 Å². The van der Waals surface area contributed by atoms with Crippen molar-refractivity contribution in [2.45, 2.75) is 87.6 Å². The fraction of sp³-hybridized carbons (Fsp3) is 0.941. The van der Waals surface area contributed by atoms with Crippen molar-refractivity contribution in [3.8, 4) is 0 Å². The minimum Gasteiger partial charge on any atom is -0.375 e. The molecule has 0 amide bonds. The first-order valence-electron chi connectivity index (χ1n) is 17.5. The summed E-state index contributed by atoms with van der Waals surface area (Å²) in [5, 5.41) is 0. The highest BCUT2D eigenvalue weighted by Crippen LogP contribution is 2.05. The molecule has 41 heavy (non-hydrogen) atoms. The largest absolute Gasteiger partial charge is 0.375 e. The third-order valence-electron chi connectivity index (χ3n) is 8.85. The van der Waals surface area contributed by atoms with E-state index in [1.165, 1.54) is 117 Å². The zero-order chi connectivity index (χ0) is 30.9. The summed E-state index contributed by atoms with van der Waals surface area (Å²) < 4.78 is 0. The third kappa shape index (κ3) is 20.0. The summed E-state index contributed by atoms with van der Waals surface area (Å²) in [4.78, 5) is 17.9. The SMILES string of the molecule is C/C=C/N1CCN(C)CCN(CCC)CCN(CCC)CC1.CCC(C)N(CCN(CC)CC)CCN(CC)CC. The summed E-state index contributed by atoms with van der Waals surface area (Å²) in [5.41, 5.74) is 0. The van der Waals surface area contributed by atoms with E-state index >= 15 is 0 Å². The van der Waals surface area contributed by atoms with Gasteiger partial charge in [-0.15, -0.1) is 0 Å². The maximum Gasteiger partial charge on any atom is 0.0300 e. The molecule has 0 N–H and O–H groups in total. The van der Waals surface area contributed by atoms with Gasteiger partial charge in [0.1, 0.15) is 0 Å². The second-order valence-electron chi connectivity index (χ2n) is 11.9. The van der Waals surface area contributed by atoms with Crippen LogP contribution in [0, 0.1) is 0 Å². The van der Waals surface area contributed by atoms with Gasteiger partial charge >= 0.3 is 0 Å². The van der Waals surface area contributed by atoms with Crippen molar-refractivity contribution in [2.75, 3.05) is 125 Å². The zero-order valence-corrected chi connectivity index (χ0v) is 29.7. The third-order valence-corrected chi connectivity index (χ3v) is 8.85. The molecule has 0 aromatic heterocycles. The molecule has 0 aromatic rings. The van der Waals surface area contributed by atoms with E-state index in [1.54, 1.807) is 0 Å². The van der Waals surface area contributed by atoms with Crippen LogP contribution in [0.15, 0.2) is 12.3 Å². The number of nitrogens with zero attached hydrogens (tertiary/aromatic N) is 7. The highest BCUT2D eigenvalue weighted by atomic mass is 15.3. The summed E-state index contributed by atoms with van der Waals surface area (Å²) in [7, 11) is 2.26. The fourth-order valence-corrected chi connectivity index (χ4v) is 5.48. The number of rotatable bonds is 17. The number of hydrogen-bond donors (Lipinski definition) is 0. The van der Waals surface area contributed by atoms with Gasteiger partial charge in [0.2, 0.25) is 0 Å². The molecule has 7 nitrogen and oxygen atoms in total. The number of hydrogen-bond acceptors (Lipinski definition) is 7. The molecule has 0 aliphatic carbocycles. The van der Waals surface area contributed by atoms with Crippen molar-refractivity contribution in [3.63, 3.8) is 0 Å². The summed E-state index contributed by atoms with van der Waals surface area (Å²) in [5.74, 6) is 0. The Morgan fingerprint density at radius 1 is 0.610 bits per heavy atom. The van der Waals surface area contributed by atoms with Gasteiger partial charge in [0, 0.05) is 84.6 Å². The van der Waals surface area contributed by atoms with Crippen molar-refractivity contribution < 1.29 is 0 Å². The topological polar surface area (TPSA) is 22.7 Å². The fourth-order valence-electron chi connectivity index (χ4n) is 5.48. The molecule has 1 aliphatic rings. The van der Waals surface area contributed by atoms with Gasteiger partial charge in [-0.3, -0.25) is 4.90 Å². The van der Waals surface area contributed by atoms with Gasteiger partial charge in [-0.05, 0) is 85.6 Å². The van der Waals surface area contributed by atoms with Gasteiger partial charge < -0.3 is 29.4 Å². The Kier molecular flexibility index (Phi) is 26.4. The van der Waals surface area contributed by atoms with Gasteiger partial charge in [-0.2, -0.15) is 0 Å². The van der Waals surface area contributed by atoms with Crippen molar-refractivity contribution >= 4 is 0 Å². The molecule has 0 spiro atoms. The summed E-state index contributed by atoms with van der Waals surface area (Å²) in [6.45, 7) is 41.8. The first-order chi connectivity index (χ1) is 19.8. The van der Waals surface area contributed by atoms with Crippen LogP contribution in [0.4, 0.5) is 0 Å². The van der Waals surface area contributed by atoms with E-state index in [4.69, 9.17) is 0 Å². The Morgan fingerprint density at radius 2 is 1.02 bits per heavy atom. The summed E-state index contributed by atoms with van der Waals surface area (Å²) >= 11 is 0. The van der Waals surface area contributed by atoms with Gasteiger partial charge in [-0.1, -0.05) is 54.5 Å². The summed E-state index contributed by atoms with van der Waals surface area (Å²) in [6, 6.07) is 0.700. The average molecular weight is 582 g/mol. The second-order valence-corrected chi connectivity index (χ2v) is 11.9. The minimum absolute atomic E-state index is 0.700. The standard InChI is InChI=1S/C18H38N4.C16H37N3/c1-5-8-20-13-11-19(4)12-14-21(9-6-2)16-18-22(10-7-3)17-15-20;1-7-16(6)19(14-12-17(8-2)9-3)15-13-18(10-4)11-5/h5,8H,6-7,9-18H2,1-4H3;16H,7-15H2,1-6H3/b8-5+;. The lowest BCUT2D eigenvalue weighted by Gasteiger charge is -2.32. The van der Waals surface area contributed by atoms with Gasteiger partial charge in [0.15, 0.2) is 0 Å². The first-order valence-corrected chi connectivity index (χ1v) is 17.5. The molecule has 1 heterocycles. The highest BCUT2D eigenvalue weighted by Gasteiger charge is 2.15. The summed E-state index contributed by atoms with van der Waals surface area (Å²) in [6.07, 6.45) is 8.18. The Morgan fingerprint density at radius 3 is 1.44 bits per heavy atom. The lowest BCUT2D eigenvalue weighted by Crippen LogP contribution is -2.44. The maximum atomic E-state index is 2.66. The van der Waals surface area contributed by atoms with Gasteiger partial charge in [0.05, 0.1) is 0 Å². The lowest BCUT2D eigenvalue weighted by atomic mass is 10.2. The molecule has 1 saturated heterocycles. The van der Waals surface area contributed by atoms with E-state index in [9.17, 15) is 0 Å². The van der Waals surface area contributed by atoms with Crippen molar-refractivity contribution in [1.29, 1.82) is 0 Å². The molecule has 0 aromatic carbocycles. The Labute approximate surface area is 258 Å². The lowest BCUT2D eigenvalue weighted by molar-refractivity contribution is 0.148. The first kappa shape index (κ1) is 40.3. The van der Waals surface area contributed by atoms with Crippen molar-refractivity contribution in [1.82, 2.24) is 34.3 Å². The van der Waals surface area contributed by atoms with Crippen LogP contribution in [0.1, 0.15) is 81.6 Å².